The molecule has 0 bridgehead atoms. The van der Waals surface area contributed by atoms with Gasteiger partial charge >= 0.3 is 5.97 Å². The molecule has 1 aliphatic carbocycles. The van der Waals surface area contributed by atoms with E-state index in [0.717, 1.165) is 22.6 Å². The summed E-state index contributed by atoms with van der Waals surface area (Å²) in [5, 5.41) is 0. The van der Waals surface area contributed by atoms with Gasteiger partial charge in [-0.1, -0.05) is 56.3 Å². The van der Waals surface area contributed by atoms with Gasteiger partial charge in [0.15, 0.2) is 5.78 Å². The molecule has 1 aliphatic heterocycles. The summed E-state index contributed by atoms with van der Waals surface area (Å²) in [5.74, 6) is -0.242. The summed E-state index contributed by atoms with van der Waals surface area (Å²) in [7, 11) is 1.62. The summed E-state index contributed by atoms with van der Waals surface area (Å²) >= 11 is 0. The van der Waals surface area contributed by atoms with Crippen LogP contribution in [0.4, 0.5) is 0 Å². The number of carbonyl (C=O) groups is 2. The van der Waals surface area contributed by atoms with E-state index in [1.165, 1.54) is 0 Å². The van der Waals surface area contributed by atoms with Crippen LogP contribution >= 0.6 is 0 Å². The molecule has 0 amide bonds. The Morgan fingerprint density at radius 2 is 1.73 bits per heavy atom. The Morgan fingerprint density at radius 3 is 2.36 bits per heavy atom. The van der Waals surface area contributed by atoms with Crippen LogP contribution in [0.25, 0.3) is 0 Å². The maximum atomic E-state index is 13.6. The smallest absolute Gasteiger partial charge is 0.315 e. The lowest BCUT2D eigenvalue weighted by molar-refractivity contribution is -0.147. The van der Waals surface area contributed by atoms with E-state index >= 15 is 0 Å². The van der Waals surface area contributed by atoms with E-state index in [1.54, 1.807) is 7.11 Å². The molecular formula is C28H31NO4. The molecule has 4 rings (SSSR count). The number of Topliss-reactive ketones (excluding diaryl/α,β-unsaturated/α-hetero) is 1. The molecule has 5 heteroatoms. The van der Waals surface area contributed by atoms with E-state index in [1.807, 2.05) is 63.2 Å². The maximum Gasteiger partial charge on any atom is 0.315 e. The molecule has 1 heterocycles. The van der Waals surface area contributed by atoms with Crippen LogP contribution in [0.15, 0.2) is 70.9 Å². The number of nitrogens with zero attached hydrogens (tertiary/aromatic N) is 1. The molecule has 5 nitrogen and oxygen atoms in total. The second-order valence-electron chi connectivity index (χ2n) is 9.30. The van der Waals surface area contributed by atoms with Gasteiger partial charge in [0, 0.05) is 29.3 Å². The van der Waals surface area contributed by atoms with Crippen molar-refractivity contribution in [2.75, 3.05) is 13.7 Å². The first-order valence-electron chi connectivity index (χ1n) is 11.6. The maximum absolute atomic E-state index is 13.6. The number of aliphatic imine (C=N–C) groups is 1. The number of rotatable bonds is 6. The monoisotopic (exact) mass is 445 g/mol. The summed E-state index contributed by atoms with van der Waals surface area (Å²) in [4.78, 5) is 31.6. The van der Waals surface area contributed by atoms with Gasteiger partial charge in [0.25, 0.3) is 0 Å². The highest BCUT2D eigenvalue weighted by Gasteiger charge is 2.44. The summed E-state index contributed by atoms with van der Waals surface area (Å²) in [6, 6.07) is 17.7. The highest BCUT2D eigenvalue weighted by atomic mass is 16.5. The van der Waals surface area contributed by atoms with Crippen LogP contribution in [0.1, 0.15) is 56.6 Å². The summed E-state index contributed by atoms with van der Waals surface area (Å²) in [5.41, 5.74) is 4.20. The molecule has 2 aromatic carbocycles. The number of carbonyl (C=O) groups excluding carboxylic acids is 2. The minimum absolute atomic E-state index is 0.0591. The number of hydrogen-bond acceptors (Lipinski definition) is 5. The van der Waals surface area contributed by atoms with Crippen molar-refractivity contribution in [1.82, 2.24) is 0 Å². The van der Waals surface area contributed by atoms with Crippen molar-refractivity contribution in [3.8, 4) is 5.75 Å². The zero-order chi connectivity index (χ0) is 23.5. The van der Waals surface area contributed by atoms with E-state index in [-0.39, 0.29) is 23.6 Å². The fraction of sp³-hybridized carbons (Fsp3) is 0.393. The SMILES string of the molecule is COc1ccc([C@H]2C3=C(C[C@@H](c4ccccc4)CC3=O)N=C(C)C2C(=O)OCC(C)C)cc1. The third-order valence-electron chi connectivity index (χ3n) is 6.45. The lowest BCUT2D eigenvalue weighted by Crippen LogP contribution is -2.38. The van der Waals surface area contributed by atoms with Gasteiger partial charge < -0.3 is 9.47 Å². The molecule has 1 unspecified atom stereocenters. The van der Waals surface area contributed by atoms with Crippen molar-refractivity contribution in [2.24, 2.45) is 16.8 Å². The van der Waals surface area contributed by atoms with E-state index in [9.17, 15) is 9.59 Å². The number of benzene rings is 2. The largest absolute Gasteiger partial charge is 0.497 e. The molecule has 0 spiro atoms. The predicted molar refractivity (Wildman–Crippen MR) is 129 cm³/mol. The van der Waals surface area contributed by atoms with Gasteiger partial charge in [-0.05, 0) is 48.4 Å². The lowest BCUT2D eigenvalue weighted by Gasteiger charge is -2.36. The molecule has 0 radical (unpaired) electrons. The van der Waals surface area contributed by atoms with Crippen LogP contribution in [0.2, 0.25) is 0 Å². The quantitative estimate of drug-likeness (QED) is 0.553. The summed E-state index contributed by atoms with van der Waals surface area (Å²) < 4.78 is 11.0. The third kappa shape index (κ3) is 4.77. The average Bonchev–Trinajstić information content (AvgIpc) is 2.82. The number of esters is 1. The van der Waals surface area contributed by atoms with Crippen molar-refractivity contribution in [2.45, 2.75) is 45.4 Å². The molecule has 2 aliphatic rings. The van der Waals surface area contributed by atoms with Crippen molar-refractivity contribution >= 4 is 17.5 Å². The van der Waals surface area contributed by atoms with E-state index in [0.29, 0.717) is 30.7 Å². The second kappa shape index (κ2) is 9.74. The normalized spacial score (nSPS) is 22.6. The zero-order valence-corrected chi connectivity index (χ0v) is 19.7. The minimum Gasteiger partial charge on any atom is -0.497 e. The first-order valence-corrected chi connectivity index (χ1v) is 11.6. The molecule has 0 saturated carbocycles. The van der Waals surface area contributed by atoms with Gasteiger partial charge in [0.2, 0.25) is 0 Å². The van der Waals surface area contributed by atoms with Crippen molar-refractivity contribution in [3.63, 3.8) is 0 Å². The Balaban J connectivity index is 1.76. The molecule has 172 valence electrons. The second-order valence-corrected chi connectivity index (χ2v) is 9.30. The topological polar surface area (TPSA) is 65.0 Å². The number of methoxy groups -OCH3 is 1. The third-order valence-corrected chi connectivity index (χ3v) is 6.45. The van der Waals surface area contributed by atoms with Crippen LogP contribution in [0.3, 0.4) is 0 Å². The molecule has 0 fully saturated rings. The summed E-state index contributed by atoms with van der Waals surface area (Å²) in [6.07, 6.45) is 1.10. The fourth-order valence-corrected chi connectivity index (χ4v) is 4.84. The van der Waals surface area contributed by atoms with Crippen LogP contribution in [0.5, 0.6) is 5.75 Å². The highest BCUT2D eigenvalue weighted by molar-refractivity contribution is 6.09. The minimum atomic E-state index is -0.617. The number of ketones is 1. The van der Waals surface area contributed by atoms with Crippen molar-refractivity contribution < 1.29 is 19.1 Å². The van der Waals surface area contributed by atoms with E-state index in [2.05, 4.69) is 12.1 Å². The number of allylic oxidation sites excluding steroid dienone is 2. The molecule has 0 aromatic heterocycles. The Labute approximate surface area is 195 Å². The van der Waals surface area contributed by atoms with Crippen molar-refractivity contribution in [3.05, 3.63) is 77.0 Å². The molecule has 33 heavy (non-hydrogen) atoms. The van der Waals surface area contributed by atoms with Crippen LogP contribution < -0.4 is 4.74 Å². The van der Waals surface area contributed by atoms with E-state index in [4.69, 9.17) is 14.5 Å². The van der Waals surface area contributed by atoms with Gasteiger partial charge in [-0.3, -0.25) is 14.6 Å². The first kappa shape index (κ1) is 23.0. The van der Waals surface area contributed by atoms with Gasteiger partial charge in [0.05, 0.1) is 13.7 Å². The van der Waals surface area contributed by atoms with Crippen molar-refractivity contribution in [1.29, 1.82) is 0 Å². The number of ether oxygens (including phenoxy) is 2. The molecule has 2 aromatic rings. The Kier molecular flexibility index (Phi) is 6.77. The van der Waals surface area contributed by atoms with Gasteiger partial charge in [-0.15, -0.1) is 0 Å². The number of hydrogen-bond donors (Lipinski definition) is 0. The zero-order valence-electron chi connectivity index (χ0n) is 19.7. The van der Waals surface area contributed by atoms with Crippen LogP contribution in [-0.2, 0) is 14.3 Å². The standard InChI is InChI=1S/C28H31NO4/c1-17(2)16-33-28(31)25-18(3)29-23-14-21(19-8-6-5-7-9-19)15-24(30)27(23)26(25)20-10-12-22(32-4)13-11-20/h5-13,17,21,25-26H,14-16H2,1-4H3/t21-,25?,26-/m1/s1. The molecule has 0 N–H and O–H groups in total. The predicted octanol–water partition coefficient (Wildman–Crippen LogP) is 5.47. The molecular weight excluding hydrogens is 414 g/mol. The van der Waals surface area contributed by atoms with Crippen LogP contribution in [-0.4, -0.2) is 31.2 Å². The summed E-state index contributed by atoms with van der Waals surface area (Å²) in [6.45, 7) is 6.22. The average molecular weight is 446 g/mol. The van der Waals surface area contributed by atoms with E-state index < -0.39 is 11.8 Å². The first-order chi connectivity index (χ1) is 15.9. The Morgan fingerprint density at radius 1 is 1.03 bits per heavy atom. The lowest BCUT2D eigenvalue weighted by atomic mass is 9.69. The fourth-order valence-electron chi connectivity index (χ4n) is 4.84. The molecule has 0 saturated heterocycles. The Bertz CT molecular complexity index is 1080. The van der Waals surface area contributed by atoms with Gasteiger partial charge in [-0.25, -0.2) is 0 Å². The highest BCUT2D eigenvalue weighted by Crippen LogP contribution is 2.47. The molecule has 3 atom stereocenters. The van der Waals surface area contributed by atoms with Gasteiger partial charge in [0.1, 0.15) is 11.7 Å². The van der Waals surface area contributed by atoms with Crippen LogP contribution in [0, 0.1) is 11.8 Å². The Hall–Kier alpha value is -3.21. The van der Waals surface area contributed by atoms with Gasteiger partial charge in [-0.2, -0.15) is 0 Å².